The van der Waals surface area contributed by atoms with E-state index in [1.807, 2.05) is 0 Å². The first-order valence-electron chi connectivity index (χ1n) is 4.87. The molecule has 3 N–H and O–H groups in total. The number of benzene rings is 1. The number of carboxylic acid groups (broad SMARTS) is 1. The van der Waals surface area contributed by atoms with Gasteiger partial charge >= 0.3 is 5.97 Å². The lowest BCUT2D eigenvalue weighted by Gasteiger charge is -2.12. The third-order valence-corrected chi connectivity index (χ3v) is 2.92. The van der Waals surface area contributed by atoms with Crippen LogP contribution in [0.5, 0.6) is 5.75 Å². The van der Waals surface area contributed by atoms with Gasteiger partial charge in [0.15, 0.2) is 0 Å². The zero-order valence-corrected chi connectivity index (χ0v) is 8.43. The van der Waals surface area contributed by atoms with Crippen LogP contribution in [0.3, 0.4) is 0 Å². The van der Waals surface area contributed by atoms with Crippen LogP contribution in [0.25, 0.3) is 0 Å². The van der Waals surface area contributed by atoms with Gasteiger partial charge in [-0.25, -0.2) is 0 Å². The molecule has 84 valence electrons. The Morgan fingerprint density at radius 3 is 2.62 bits per heavy atom. The summed E-state index contributed by atoms with van der Waals surface area (Å²) < 4.78 is 0. The molecule has 0 atom stereocenters. The molecule has 0 aromatic heterocycles. The first-order valence-corrected chi connectivity index (χ1v) is 4.87. The van der Waals surface area contributed by atoms with Gasteiger partial charge < -0.3 is 15.5 Å². The Morgan fingerprint density at radius 2 is 2.12 bits per heavy atom. The molecular weight excluding hydrogens is 210 g/mol. The van der Waals surface area contributed by atoms with Crippen molar-refractivity contribution >= 4 is 18.1 Å². The second-order valence-electron chi connectivity index (χ2n) is 3.88. The van der Waals surface area contributed by atoms with Crippen molar-refractivity contribution in [1.29, 1.82) is 0 Å². The summed E-state index contributed by atoms with van der Waals surface area (Å²) in [5.74, 6) is -0.938. The highest BCUT2D eigenvalue weighted by atomic mass is 16.4. The number of hydrogen-bond acceptors (Lipinski definition) is 3. The molecule has 1 amide bonds. The topological polar surface area (TPSA) is 86.6 Å². The highest BCUT2D eigenvalue weighted by Crippen LogP contribution is 2.49. The highest BCUT2D eigenvalue weighted by molar-refractivity contribution is 5.86. The summed E-state index contributed by atoms with van der Waals surface area (Å²) in [5.41, 5.74) is 0.0229. The number of amides is 1. The summed E-state index contributed by atoms with van der Waals surface area (Å²) in [5, 5.41) is 20.8. The average Bonchev–Trinajstić information content (AvgIpc) is 3.02. The van der Waals surface area contributed by atoms with Crippen LogP contribution in [-0.2, 0) is 15.0 Å². The fourth-order valence-corrected chi connectivity index (χ4v) is 1.76. The number of carbonyl (C=O) groups is 2. The van der Waals surface area contributed by atoms with Crippen LogP contribution in [0.4, 0.5) is 5.69 Å². The molecule has 0 bridgehead atoms. The van der Waals surface area contributed by atoms with Crippen LogP contribution < -0.4 is 5.32 Å². The predicted octanol–water partition coefficient (Wildman–Crippen LogP) is 1.08. The lowest BCUT2D eigenvalue weighted by Crippen LogP contribution is -2.19. The largest absolute Gasteiger partial charge is 0.506 e. The van der Waals surface area contributed by atoms with E-state index in [1.54, 1.807) is 6.07 Å². The minimum absolute atomic E-state index is 0.0722. The van der Waals surface area contributed by atoms with Gasteiger partial charge in [-0.1, -0.05) is 6.07 Å². The van der Waals surface area contributed by atoms with Gasteiger partial charge in [-0.15, -0.1) is 0 Å². The maximum atomic E-state index is 11.1. The van der Waals surface area contributed by atoms with Crippen molar-refractivity contribution in [3.05, 3.63) is 23.8 Å². The monoisotopic (exact) mass is 221 g/mol. The second kappa shape index (κ2) is 3.52. The molecule has 1 saturated carbocycles. The van der Waals surface area contributed by atoms with Gasteiger partial charge in [0.05, 0.1) is 11.1 Å². The van der Waals surface area contributed by atoms with Crippen molar-refractivity contribution in [2.24, 2.45) is 0 Å². The standard InChI is InChI=1S/C11H11NO4/c13-6-12-8-5-7(1-2-9(8)14)11(3-4-11)10(15)16/h1-2,5-6,14H,3-4H2,(H,12,13)(H,15,16). The lowest BCUT2D eigenvalue weighted by molar-refractivity contribution is -0.140. The summed E-state index contributed by atoms with van der Waals surface area (Å²) in [6.45, 7) is 0. The third-order valence-electron chi connectivity index (χ3n) is 2.92. The number of phenols is 1. The van der Waals surface area contributed by atoms with Gasteiger partial charge in [0, 0.05) is 0 Å². The first kappa shape index (κ1) is 10.5. The summed E-state index contributed by atoms with van der Waals surface area (Å²) in [7, 11) is 0. The van der Waals surface area contributed by atoms with Crippen LogP contribution in [0.15, 0.2) is 18.2 Å². The summed E-state index contributed by atoms with van der Waals surface area (Å²) in [6.07, 6.45) is 1.63. The van der Waals surface area contributed by atoms with Gasteiger partial charge in [-0.2, -0.15) is 0 Å². The predicted molar refractivity (Wildman–Crippen MR) is 56.3 cm³/mol. The lowest BCUT2D eigenvalue weighted by atomic mass is 9.95. The SMILES string of the molecule is O=CNc1cc(C2(C(=O)O)CC2)ccc1O. The van der Waals surface area contributed by atoms with E-state index in [1.165, 1.54) is 12.1 Å². The van der Waals surface area contributed by atoms with E-state index >= 15 is 0 Å². The van der Waals surface area contributed by atoms with Gasteiger partial charge in [-0.3, -0.25) is 9.59 Å². The molecular formula is C11H11NO4. The van der Waals surface area contributed by atoms with E-state index in [0.29, 0.717) is 24.8 Å². The third kappa shape index (κ3) is 1.50. The quantitative estimate of drug-likeness (QED) is 0.524. The van der Waals surface area contributed by atoms with Crippen LogP contribution in [0.1, 0.15) is 18.4 Å². The van der Waals surface area contributed by atoms with Crippen LogP contribution >= 0.6 is 0 Å². The fourth-order valence-electron chi connectivity index (χ4n) is 1.76. The van der Waals surface area contributed by atoms with Gasteiger partial charge in [0.25, 0.3) is 0 Å². The Morgan fingerprint density at radius 1 is 1.44 bits per heavy atom. The molecule has 16 heavy (non-hydrogen) atoms. The van der Waals surface area contributed by atoms with E-state index in [9.17, 15) is 14.7 Å². The number of carboxylic acids is 1. The number of hydrogen-bond donors (Lipinski definition) is 3. The molecule has 1 fully saturated rings. The maximum absolute atomic E-state index is 11.1. The average molecular weight is 221 g/mol. The zero-order valence-electron chi connectivity index (χ0n) is 8.43. The van der Waals surface area contributed by atoms with Crippen molar-refractivity contribution in [2.45, 2.75) is 18.3 Å². The van der Waals surface area contributed by atoms with Crippen molar-refractivity contribution in [2.75, 3.05) is 5.32 Å². The van der Waals surface area contributed by atoms with Crippen LogP contribution in [0, 0.1) is 0 Å². The Bertz CT molecular complexity index is 451. The normalized spacial score (nSPS) is 16.5. The van der Waals surface area contributed by atoms with Crippen LogP contribution in [0.2, 0.25) is 0 Å². The molecule has 1 aliphatic rings. The number of rotatable bonds is 4. The number of aliphatic carboxylic acids is 1. The van der Waals surface area contributed by atoms with Crippen LogP contribution in [-0.4, -0.2) is 22.6 Å². The zero-order chi connectivity index (χ0) is 11.8. The Hall–Kier alpha value is -2.04. The minimum atomic E-state index is -0.866. The molecule has 0 radical (unpaired) electrons. The summed E-state index contributed by atoms with van der Waals surface area (Å²) in [4.78, 5) is 21.4. The van der Waals surface area contributed by atoms with Crippen molar-refractivity contribution in [3.8, 4) is 5.75 Å². The summed E-state index contributed by atoms with van der Waals surface area (Å²) in [6, 6.07) is 4.47. The molecule has 0 aliphatic heterocycles. The molecule has 5 heteroatoms. The fraction of sp³-hybridized carbons (Fsp3) is 0.273. The van der Waals surface area contributed by atoms with E-state index in [0.717, 1.165) is 0 Å². The molecule has 0 spiro atoms. The molecule has 0 heterocycles. The van der Waals surface area contributed by atoms with E-state index in [2.05, 4.69) is 5.32 Å². The maximum Gasteiger partial charge on any atom is 0.314 e. The number of phenolic OH excluding ortho intramolecular Hbond substituents is 1. The Kier molecular flexibility index (Phi) is 2.30. The minimum Gasteiger partial charge on any atom is -0.506 e. The molecule has 5 nitrogen and oxygen atoms in total. The Labute approximate surface area is 91.7 Å². The molecule has 1 aromatic carbocycles. The molecule has 2 rings (SSSR count). The molecule has 1 aromatic rings. The van der Waals surface area contributed by atoms with E-state index < -0.39 is 11.4 Å². The van der Waals surface area contributed by atoms with Gasteiger partial charge in [-0.05, 0) is 30.5 Å². The van der Waals surface area contributed by atoms with Crippen molar-refractivity contribution < 1.29 is 19.8 Å². The number of carbonyl (C=O) groups excluding carboxylic acids is 1. The first-order chi connectivity index (χ1) is 7.60. The summed E-state index contributed by atoms with van der Waals surface area (Å²) >= 11 is 0. The highest BCUT2D eigenvalue weighted by Gasteiger charge is 2.51. The molecule has 0 saturated heterocycles. The van der Waals surface area contributed by atoms with E-state index in [-0.39, 0.29) is 11.4 Å². The van der Waals surface area contributed by atoms with Gasteiger partial charge in [0.2, 0.25) is 6.41 Å². The number of nitrogens with one attached hydrogen (secondary N) is 1. The smallest absolute Gasteiger partial charge is 0.314 e. The van der Waals surface area contributed by atoms with E-state index in [4.69, 9.17) is 5.11 Å². The van der Waals surface area contributed by atoms with Crippen molar-refractivity contribution in [3.63, 3.8) is 0 Å². The van der Waals surface area contributed by atoms with Gasteiger partial charge in [0.1, 0.15) is 5.75 Å². The Balaban J connectivity index is 2.40. The number of anilines is 1. The van der Waals surface area contributed by atoms with Crippen molar-refractivity contribution in [1.82, 2.24) is 0 Å². The second-order valence-corrected chi connectivity index (χ2v) is 3.88. The molecule has 1 aliphatic carbocycles. The number of aromatic hydroxyl groups is 1. The molecule has 0 unspecified atom stereocenters.